The third-order valence-electron chi connectivity index (χ3n) is 4.16. The molecule has 0 atom stereocenters. The number of para-hydroxylation sites is 1. The highest BCUT2D eigenvalue weighted by molar-refractivity contribution is 6.30. The molecule has 0 saturated heterocycles. The van der Waals surface area contributed by atoms with Crippen molar-refractivity contribution in [2.75, 3.05) is 4.81 Å². The first-order valence-electron chi connectivity index (χ1n) is 7.32. The van der Waals surface area contributed by atoms with Crippen molar-refractivity contribution in [2.45, 2.75) is 6.54 Å². The van der Waals surface area contributed by atoms with Gasteiger partial charge in [-0.15, -0.1) is 5.10 Å². The molecule has 106 valence electrons. The summed E-state index contributed by atoms with van der Waals surface area (Å²) in [6.07, 6.45) is 0. The zero-order valence-electron chi connectivity index (χ0n) is 12.4. The number of benzene rings is 2. The van der Waals surface area contributed by atoms with Gasteiger partial charge in [-0.3, -0.25) is 4.59 Å². The molecule has 2 N–H and O–H groups in total. The number of nitrogens with two attached hydrogens (primary N) is 1. The minimum atomic E-state index is 0.308. The summed E-state index contributed by atoms with van der Waals surface area (Å²) in [4.78, 5) is 2.25. The highest BCUT2D eigenvalue weighted by Gasteiger charge is 2.24. The normalized spacial score (nSPS) is 12.7. The number of anilines is 1. The van der Waals surface area contributed by atoms with Crippen LogP contribution in [0.4, 0.5) is 5.69 Å². The lowest BCUT2D eigenvalue weighted by Gasteiger charge is -2.27. The van der Waals surface area contributed by atoms with Gasteiger partial charge in [-0.2, -0.15) is 0 Å². The highest BCUT2D eigenvalue weighted by atomic mass is 15.4. The van der Waals surface area contributed by atoms with Gasteiger partial charge in [-0.25, -0.2) is 0 Å². The van der Waals surface area contributed by atoms with Crippen LogP contribution in [0.1, 0.15) is 5.56 Å². The SMILES string of the molecule is BN1Cc2ccccc2-c2nnn(BN)c2-c2ccccc21. The quantitative estimate of drug-likeness (QED) is 0.664. The summed E-state index contributed by atoms with van der Waals surface area (Å²) in [6.45, 7) is 0.835. The zero-order chi connectivity index (χ0) is 15.1. The number of rotatable bonds is 1. The predicted molar refractivity (Wildman–Crippen MR) is 92.4 cm³/mol. The molecule has 0 bridgehead atoms. The van der Waals surface area contributed by atoms with Crippen molar-refractivity contribution in [1.82, 2.24) is 14.9 Å². The third-order valence-corrected chi connectivity index (χ3v) is 4.16. The van der Waals surface area contributed by atoms with Crippen molar-refractivity contribution in [3.63, 3.8) is 0 Å². The molecule has 0 fully saturated rings. The van der Waals surface area contributed by atoms with Crippen molar-refractivity contribution < 1.29 is 0 Å². The second kappa shape index (κ2) is 5.03. The Bertz CT molecular complexity index is 845. The predicted octanol–water partition coefficient (Wildman–Crippen LogP) is 0.554. The summed E-state index contributed by atoms with van der Waals surface area (Å²) in [7, 11) is 2.42. The van der Waals surface area contributed by atoms with Gasteiger partial charge in [0.05, 0.1) is 5.69 Å². The van der Waals surface area contributed by atoms with E-state index in [4.69, 9.17) is 5.64 Å². The van der Waals surface area contributed by atoms with Crippen molar-refractivity contribution in [3.8, 4) is 22.5 Å². The molecule has 0 unspecified atom stereocenters. The number of fused-ring (bicyclic) bond motifs is 5. The first kappa shape index (κ1) is 13.2. The van der Waals surface area contributed by atoms with Crippen LogP contribution in [0.3, 0.4) is 0 Å². The highest BCUT2D eigenvalue weighted by Crippen LogP contribution is 2.39. The first-order chi connectivity index (χ1) is 10.8. The molecule has 2 heterocycles. The number of hydrogen-bond donors (Lipinski definition) is 1. The molecule has 1 aliphatic rings. The molecular formula is C15H15B2N5. The van der Waals surface area contributed by atoms with Crippen molar-refractivity contribution in [3.05, 3.63) is 54.1 Å². The Morgan fingerprint density at radius 2 is 1.77 bits per heavy atom. The zero-order valence-corrected chi connectivity index (χ0v) is 12.4. The van der Waals surface area contributed by atoms with Gasteiger partial charge < -0.3 is 10.5 Å². The summed E-state index contributed by atoms with van der Waals surface area (Å²) >= 11 is 0. The Morgan fingerprint density at radius 1 is 1.05 bits per heavy atom. The van der Waals surface area contributed by atoms with Crippen LogP contribution in [0.2, 0.25) is 0 Å². The summed E-state index contributed by atoms with van der Waals surface area (Å²) in [5.74, 6) is 0. The monoisotopic (exact) mass is 287 g/mol. The van der Waals surface area contributed by atoms with E-state index in [-0.39, 0.29) is 0 Å². The Hall–Kier alpha value is -2.53. The maximum absolute atomic E-state index is 5.87. The fourth-order valence-corrected chi connectivity index (χ4v) is 3.13. The summed E-state index contributed by atoms with van der Waals surface area (Å²) in [5, 5.41) is 8.65. The van der Waals surface area contributed by atoms with Crippen LogP contribution in [-0.4, -0.2) is 30.4 Å². The Balaban J connectivity index is 2.10. The fourth-order valence-electron chi connectivity index (χ4n) is 3.13. The van der Waals surface area contributed by atoms with E-state index >= 15 is 0 Å². The average Bonchev–Trinajstić information content (AvgIpc) is 2.97. The Labute approximate surface area is 130 Å². The van der Waals surface area contributed by atoms with Gasteiger partial charge in [0.1, 0.15) is 5.69 Å². The van der Waals surface area contributed by atoms with E-state index in [2.05, 4.69) is 59.5 Å². The summed E-state index contributed by atoms with van der Waals surface area (Å²) in [6, 6.07) is 16.7. The maximum Gasteiger partial charge on any atom is 0.346 e. The molecule has 1 aromatic heterocycles. The molecule has 1 aliphatic heterocycles. The van der Waals surface area contributed by atoms with E-state index in [1.165, 1.54) is 5.56 Å². The standard InChI is InChI=1S/C15H15B2N5/c16-21-9-10-5-1-2-6-11(10)14-15(22(17-18)20-19-14)12-7-3-4-8-13(12)21/h1-8,17H,9,16,18H2. The van der Waals surface area contributed by atoms with E-state index < -0.39 is 0 Å². The topological polar surface area (TPSA) is 60.0 Å². The van der Waals surface area contributed by atoms with Gasteiger partial charge in [-0.1, -0.05) is 47.7 Å². The molecule has 2 aromatic carbocycles. The molecule has 5 nitrogen and oxygen atoms in total. The van der Waals surface area contributed by atoms with Gasteiger partial charge >= 0.3 is 7.55 Å². The van der Waals surface area contributed by atoms with E-state index in [9.17, 15) is 0 Å². The van der Waals surface area contributed by atoms with E-state index in [0.29, 0.717) is 7.55 Å². The molecule has 7 heteroatoms. The second-order valence-electron chi connectivity index (χ2n) is 5.50. The van der Waals surface area contributed by atoms with Crippen molar-refractivity contribution >= 4 is 21.2 Å². The maximum atomic E-state index is 5.87. The Morgan fingerprint density at radius 3 is 2.59 bits per heavy atom. The summed E-state index contributed by atoms with van der Waals surface area (Å²) in [5.41, 5.74) is 12.4. The van der Waals surface area contributed by atoms with Crippen molar-refractivity contribution in [1.29, 1.82) is 0 Å². The molecular weight excluding hydrogens is 272 g/mol. The van der Waals surface area contributed by atoms with E-state index in [0.717, 1.165) is 34.7 Å². The molecule has 0 amide bonds. The van der Waals surface area contributed by atoms with E-state index in [1.54, 1.807) is 4.59 Å². The minimum Gasteiger partial charge on any atom is -0.417 e. The minimum absolute atomic E-state index is 0.308. The Kier molecular flexibility index (Phi) is 3.01. The van der Waals surface area contributed by atoms with E-state index in [1.807, 2.05) is 12.1 Å². The van der Waals surface area contributed by atoms with Gasteiger partial charge in [0.25, 0.3) is 0 Å². The molecule has 0 saturated carbocycles. The largest absolute Gasteiger partial charge is 0.417 e. The number of hydrogen-bond acceptors (Lipinski definition) is 4. The van der Waals surface area contributed by atoms with Gasteiger partial charge in [0.15, 0.2) is 0 Å². The molecule has 4 rings (SSSR count). The number of nitrogens with zero attached hydrogens (tertiary/aromatic N) is 4. The number of aromatic nitrogens is 3. The lowest BCUT2D eigenvalue weighted by Crippen LogP contribution is -2.23. The lowest BCUT2D eigenvalue weighted by atomic mass is 9.93. The smallest absolute Gasteiger partial charge is 0.346 e. The van der Waals surface area contributed by atoms with Crippen LogP contribution < -0.4 is 10.5 Å². The van der Waals surface area contributed by atoms with Crippen LogP contribution in [0.5, 0.6) is 0 Å². The van der Waals surface area contributed by atoms with Gasteiger partial charge in [0.2, 0.25) is 7.98 Å². The van der Waals surface area contributed by atoms with Gasteiger partial charge in [-0.05, 0) is 11.6 Å². The average molecular weight is 287 g/mol. The van der Waals surface area contributed by atoms with Crippen molar-refractivity contribution in [2.24, 2.45) is 5.64 Å². The van der Waals surface area contributed by atoms with Crippen LogP contribution in [0, 0.1) is 0 Å². The van der Waals surface area contributed by atoms with Crippen LogP contribution in [0.25, 0.3) is 22.5 Å². The first-order valence-corrected chi connectivity index (χ1v) is 7.32. The lowest BCUT2D eigenvalue weighted by molar-refractivity contribution is 0.871. The van der Waals surface area contributed by atoms with Crippen LogP contribution >= 0.6 is 0 Å². The third kappa shape index (κ3) is 1.86. The van der Waals surface area contributed by atoms with Crippen LogP contribution in [0.15, 0.2) is 48.5 Å². The molecule has 0 radical (unpaired) electrons. The summed E-state index contributed by atoms with van der Waals surface area (Å²) < 4.78 is 1.77. The second-order valence-corrected chi connectivity index (χ2v) is 5.50. The molecule has 0 aliphatic carbocycles. The fraction of sp³-hybridized carbons (Fsp3) is 0.0667. The van der Waals surface area contributed by atoms with Crippen LogP contribution in [-0.2, 0) is 6.54 Å². The molecule has 22 heavy (non-hydrogen) atoms. The molecule has 3 aromatic rings. The van der Waals surface area contributed by atoms with Gasteiger partial charge in [0, 0.05) is 23.4 Å². The molecule has 0 spiro atoms.